The van der Waals surface area contributed by atoms with Crippen molar-refractivity contribution < 1.29 is 9.47 Å². The highest BCUT2D eigenvalue weighted by atomic mass is 127. The predicted octanol–water partition coefficient (Wildman–Crippen LogP) is 4.94. The van der Waals surface area contributed by atoms with Gasteiger partial charge in [0.15, 0.2) is 0 Å². The summed E-state index contributed by atoms with van der Waals surface area (Å²) in [6.07, 6.45) is 0. The van der Waals surface area contributed by atoms with Gasteiger partial charge in [0.05, 0.1) is 14.2 Å². The molecule has 0 amide bonds. The van der Waals surface area contributed by atoms with Crippen LogP contribution in [-0.2, 0) is 5.54 Å². The minimum atomic E-state index is -0.472. The van der Waals surface area contributed by atoms with E-state index in [2.05, 4.69) is 74.9 Å². The van der Waals surface area contributed by atoms with Crippen molar-refractivity contribution in [1.82, 2.24) is 3.53 Å². The first kappa shape index (κ1) is 17.8. The number of nitrogens with one attached hydrogen (secondary N) is 1. The summed E-state index contributed by atoms with van der Waals surface area (Å²) in [4.78, 5) is 0. The summed E-state index contributed by atoms with van der Waals surface area (Å²) in [6, 6.07) is 26.8. The molecule has 4 heteroatoms. The molecule has 128 valence electrons. The number of rotatable bonds is 6. The van der Waals surface area contributed by atoms with Crippen molar-refractivity contribution in [3.63, 3.8) is 0 Å². The summed E-state index contributed by atoms with van der Waals surface area (Å²) >= 11 is 2.24. The first-order chi connectivity index (χ1) is 12.2. The molecular formula is C21H20INO2. The molecule has 0 saturated heterocycles. The average molecular weight is 445 g/mol. The van der Waals surface area contributed by atoms with Crippen LogP contribution < -0.4 is 13.0 Å². The molecule has 1 N–H and O–H groups in total. The number of hydrogen-bond acceptors (Lipinski definition) is 3. The zero-order chi connectivity index (χ0) is 17.7. The van der Waals surface area contributed by atoms with Crippen LogP contribution in [0, 0.1) is 0 Å². The van der Waals surface area contributed by atoms with Crippen molar-refractivity contribution in [3.05, 3.63) is 95.6 Å². The van der Waals surface area contributed by atoms with Gasteiger partial charge in [-0.3, -0.25) is 0 Å². The van der Waals surface area contributed by atoms with Crippen LogP contribution in [0.3, 0.4) is 0 Å². The van der Waals surface area contributed by atoms with Gasteiger partial charge in [0.1, 0.15) is 17.0 Å². The number of benzene rings is 3. The van der Waals surface area contributed by atoms with E-state index < -0.39 is 5.54 Å². The molecule has 0 aliphatic carbocycles. The quantitative estimate of drug-likeness (QED) is 0.332. The summed E-state index contributed by atoms with van der Waals surface area (Å²) in [5.74, 6) is 1.68. The number of ether oxygens (including phenoxy) is 2. The van der Waals surface area contributed by atoms with Crippen molar-refractivity contribution in [1.29, 1.82) is 0 Å². The van der Waals surface area contributed by atoms with Crippen molar-refractivity contribution >= 4 is 22.9 Å². The van der Waals surface area contributed by atoms with Gasteiger partial charge < -0.3 is 9.47 Å². The Morgan fingerprint density at radius 1 is 0.640 bits per heavy atom. The fraction of sp³-hybridized carbons (Fsp3) is 0.143. The number of halogens is 1. The minimum Gasteiger partial charge on any atom is -0.497 e. The van der Waals surface area contributed by atoms with E-state index in [9.17, 15) is 0 Å². The lowest BCUT2D eigenvalue weighted by Gasteiger charge is -2.34. The van der Waals surface area contributed by atoms with Gasteiger partial charge in [0.25, 0.3) is 0 Å². The Morgan fingerprint density at radius 2 is 1.04 bits per heavy atom. The maximum atomic E-state index is 5.32. The van der Waals surface area contributed by atoms with Crippen molar-refractivity contribution in [2.24, 2.45) is 0 Å². The van der Waals surface area contributed by atoms with E-state index in [1.807, 2.05) is 30.3 Å². The molecule has 0 atom stereocenters. The topological polar surface area (TPSA) is 30.5 Å². The van der Waals surface area contributed by atoms with Gasteiger partial charge in [-0.15, -0.1) is 0 Å². The minimum absolute atomic E-state index is 0.472. The van der Waals surface area contributed by atoms with E-state index in [1.165, 1.54) is 5.56 Å². The molecule has 0 unspecified atom stereocenters. The molecule has 0 spiro atoms. The smallest absolute Gasteiger partial charge is 0.118 e. The zero-order valence-corrected chi connectivity index (χ0v) is 16.4. The van der Waals surface area contributed by atoms with E-state index in [1.54, 1.807) is 14.2 Å². The molecule has 0 bridgehead atoms. The number of methoxy groups -OCH3 is 2. The maximum absolute atomic E-state index is 5.32. The normalized spacial score (nSPS) is 11.2. The molecule has 0 heterocycles. The molecule has 0 aliphatic rings. The van der Waals surface area contributed by atoms with Crippen LogP contribution in [0.15, 0.2) is 78.9 Å². The van der Waals surface area contributed by atoms with Gasteiger partial charge in [-0.25, -0.2) is 3.53 Å². The predicted molar refractivity (Wildman–Crippen MR) is 109 cm³/mol. The van der Waals surface area contributed by atoms with Gasteiger partial charge in [0.2, 0.25) is 0 Å². The maximum Gasteiger partial charge on any atom is 0.118 e. The number of hydrogen-bond donors (Lipinski definition) is 1. The Labute approximate surface area is 162 Å². The molecule has 3 aromatic carbocycles. The van der Waals surface area contributed by atoms with E-state index in [0.29, 0.717) is 0 Å². The van der Waals surface area contributed by atoms with Crippen molar-refractivity contribution in [3.8, 4) is 11.5 Å². The van der Waals surface area contributed by atoms with Crippen molar-refractivity contribution in [2.75, 3.05) is 14.2 Å². The lowest BCUT2D eigenvalue weighted by Crippen LogP contribution is -2.39. The standard InChI is InChI=1S/C21H20INO2/c1-24-19-12-8-17(9-13-19)21(23-22,16-6-4-3-5-7-16)18-10-14-20(25-2)15-11-18/h3-15,23H,1-2H3. The summed E-state index contributed by atoms with van der Waals surface area (Å²) < 4.78 is 14.2. The highest BCUT2D eigenvalue weighted by Crippen LogP contribution is 2.38. The van der Waals surface area contributed by atoms with Crippen LogP contribution >= 0.6 is 22.9 Å². The third-order valence-electron chi connectivity index (χ3n) is 4.39. The summed E-state index contributed by atoms with van der Waals surface area (Å²) in [7, 11) is 3.36. The molecule has 0 fully saturated rings. The monoisotopic (exact) mass is 445 g/mol. The lowest BCUT2D eigenvalue weighted by atomic mass is 9.78. The molecule has 0 aliphatic heterocycles. The Balaban J connectivity index is 2.21. The second kappa shape index (κ2) is 7.89. The molecule has 25 heavy (non-hydrogen) atoms. The average Bonchev–Trinajstić information content (AvgIpc) is 2.71. The fourth-order valence-corrected chi connectivity index (χ4v) is 3.97. The summed E-state index contributed by atoms with van der Waals surface area (Å²) in [5.41, 5.74) is 2.97. The Morgan fingerprint density at radius 3 is 1.40 bits per heavy atom. The highest BCUT2D eigenvalue weighted by molar-refractivity contribution is 14.1. The second-order valence-electron chi connectivity index (χ2n) is 5.67. The van der Waals surface area contributed by atoms with Crippen LogP contribution in [0.5, 0.6) is 11.5 Å². The van der Waals surface area contributed by atoms with Crippen LogP contribution in [0.1, 0.15) is 16.7 Å². The lowest BCUT2D eigenvalue weighted by molar-refractivity contribution is 0.414. The van der Waals surface area contributed by atoms with Crippen LogP contribution in [0.4, 0.5) is 0 Å². The summed E-state index contributed by atoms with van der Waals surface area (Å²) in [6.45, 7) is 0. The van der Waals surface area contributed by atoms with Crippen molar-refractivity contribution in [2.45, 2.75) is 5.54 Å². The Hall–Kier alpha value is -2.05. The zero-order valence-electron chi connectivity index (χ0n) is 14.2. The first-order valence-electron chi connectivity index (χ1n) is 7.97. The van der Waals surface area contributed by atoms with Gasteiger partial charge in [-0.2, -0.15) is 0 Å². The molecular weight excluding hydrogens is 425 g/mol. The molecule has 0 saturated carbocycles. The Bertz CT molecular complexity index is 754. The summed E-state index contributed by atoms with van der Waals surface area (Å²) in [5, 5.41) is 0. The van der Waals surface area contributed by atoms with E-state index in [4.69, 9.17) is 9.47 Å². The molecule has 0 aromatic heterocycles. The molecule has 3 aromatic rings. The largest absolute Gasteiger partial charge is 0.497 e. The van der Waals surface area contributed by atoms with E-state index >= 15 is 0 Å². The van der Waals surface area contributed by atoms with E-state index in [0.717, 1.165) is 22.6 Å². The van der Waals surface area contributed by atoms with Gasteiger partial charge in [-0.1, -0.05) is 54.6 Å². The van der Waals surface area contributed by atoms with Crippen LogP contribution in [0.2, 0.25) is 0 Å². The molecule has 3 rings (SSSR count). The van der Waals surface area contributed by atoms with Crippen LogP contribution in [0.25, 0.3) is 0 Å². The first-order valence-corrected chi connectivity index (χ1v) is 9.05. The fourth-order valence-electron chi connectivity index (χ4n) is 3.03. The third kappa shape index (κ3) is 3.37. The van der Waals surface area contributed by atoms with Gasteiger partial charge >= 0.3 is 0 Å². The molecule has 0 radical (unpaired) electrons. The van der Waals surface area contributed by atoms with Gasteiger partial charge in [0, 0.05) is 22.9 Å². The molecule has 3 nitrogen and oxygen atoms in total. The highest BCUT2D eigenvalue weighted by Gasteiger charge is 2.35. The third-order valence-corrected chi connectivity index (χ3v) is 5.20. The van der Waals surface area contributed by atoms with E-state index in [-0.39, 0.29) is 0 Å². The SMILES string of the molecule is COc1ccc(C(NI)(c2ccccc2)c2ccc(OC)cc2)cc1. The Kier molecular flexibility index (Phi) is 5.60. The van der Waals surface area contributed by atoms with Crippen LogP contribution in [-0.4, -0.2) is 14.2 Å². The van der Waals surface area contributed by atoms with Gasteiger partial charge in [-0.05, 0) is 41.0 Å². The second-order valence-corrected chi connectivity index (χ2v) is 6.21.